The molecule has 0 fully saturated rings. The summed E-state index contributed by atoms with van der Waals surface area (Å²) in [7, 11) is 1.61. The second kappa shape index (κ2) is 4.83. The van der Waals surface area contributed by atoms with E-state index < -0.39 is 0 Å². The fraction of sp³-hybridized carbons (Fsp3) is 0.133. The van der Waals surface area contributed by atoms with Gasteiger partial charge in [-0.15, -0.1) is 11.3 Å². The molecule has 0 amide bonds. The molecule has 3 rings (SSSR count). The maximum Gasteiger partial charge on any atom is 0.137 e. The first kappa shape index (κ1) is 12.5. The fourth-order valence-electron chi connectivity index (χ4n) is 1.95. The Bertz CT molecular complexity index is 751. The van der Waals surface area contributed by atoms with Gasteiger partial charge in [0.2, 0.25) is 0 Å². The third kappa shape index (κ3) is 2.31. The van der Waals surface area contributed by atoms with Crippen molar-refractivity contribution in [3.63, 3.8) is 0 Å². The second-order valence-electron chi connectivity index (χ2n) is 4.34. The first-order valence-corrected chi connectivity index (χ1v) is 7.08. The quantitative estimate of drug-likeness (QED) is 0.667. The van der Waals surface area contributed by atoms with Gasteiger partial charge in [0.25, 0.3) is 0 Å². The highest BCUT2D eigenvalue weighted by Crippen LogP contribution is 2.34. The van der Waals surface area contributed by atoms with Crippen molar-refractivity contribution in [2.75, 3.05) is 7.11 Å². The van der Waals surface area contributed by atoms with Gasteiger partial charge in [0.15, 0.2) is 0 Å². The van der Waals surface area contributed by atoms with Crippen LogP contribution in [0.3, 0.4) is 0 Å². The molecule has 2 nitrogen and oxygen atoms in total. The lowest BCUT2D eigenvalue weighted by molar-refractivity contribution is 0.415. The third-order valence-electron chi connectivity index (χ3n) is 2.94. The summed E-state index contributed by atoms with van der Waals surface area (Å²) in [5.74, 6) is 0.683. The summed E-state index contributed by atoms with van der Waals surface area (Å²) in [6, 6.07) is 12.0. The predicted molar refractivity (Wildman–Crippen MR) is 81.4 cm³/mol. The number of aryl methyl sites for hydroxylation is 1. The van der Waals surface area contributed by atoms with E-state index in [0.717, 1.165) is 16.1 Å². The Morgan fingerprint density at radius 2 is 2.00 bits per heavy atom. The van der Waals surface area contributed by atoms with Gasteiger partial charge in [-0.1, -0.05) is 17.7 Å². The zero-order chi connectivity index (χ0) is 13.4. The number of halogens is 1. The summed E-state index contributed by atoms with van der Waals surface area (Å²) in [5, 5.41) is 1.58. The molecule has 4 heteroatoms. The summed E-state index contributed by atoms with van der Waals surface area (Å²) in [6.07, 6.45) is 0. The van der Waals surface area contributed by atoms with Crippen LogP contribution in [0.1, 0.15) is 5.56 Å². The Morgan fingerprint density at radius 1 is 1.16 bits per heavy atom. The smallest absolute Gasteiger partial charge is 0.137 e. The number of nitrogens with zero attached hydrogens (tertiary/aromatic N) is 1. The van der Waals surface area contributed by atoms with Crippen LogP contribution in [0.5, 0.6) is 5.75 Å². The van der Waals surface area contributed by atoms with Crippen LogP contribution in [0.4, 0.5) is 0 Å². The number of methoxy groups -OCH3 is 1. The largest absolute Gasteiger partial charge is 0.495 e. The van der Waals surface area contributed by atoms with Gasteiger partial charge < -0.3 is 4.74 Å². The van der Waals surface area contributed by atoms with E-state index in [0.29, 0.717) is 10.8 Å². The topological polar surface area (TPSA) is 22.1 Å². The van der Waals surface area contributed by atoms with Crippen molar-refractivity contribution in [2.45, 2.75) is 6.92 Å². The van der Waals surface area contributed by atoms with Crippen molar-refractivity contribution < 1.29 is 4.74 Å². The number of rotatable bonds is 2. The number of benzene rings is 2. The van der Waals surface area contributed by atoms with Crippen molar-refractivity contribution >= 4 is 33.2 Å². The molecule has 0 spiro atoms. The Labute approximate surface area is 120 Å². The highest BCUT2D eigenvalue weighted by atomic mass is 35.5. The van der Waals surface area contributed by atoms with Crippen LogP contribution in [-0.2, 0) is 0 Å². The molecule has 19 heavy (non-hydrogen) atoms. The lowest BCUT2D eigenvalue weighted by Gasteiger charge is -2.03. The molecule has 0 N–H and O–H groups in total. The van der Waals surface area contributed by atoms with Crippen molar-refractivity contribution in [3.8, 4) is 16.3 Å². The molecule has 0 saturated heterocycles. The minimum absolute atomic E-state index is 0.607. The van der Waals surface area contributed by atoms with E-state index in [4.69, 9.17) is 16.3 Å². The standard InChI is InChI=1S/C15H12ClNOS/c1-9-3-5-12-14(7-9)19-15(17-12)10-4-6-13(18-2)11(16)8-10/h3-8H,1-2H3. The molecule has 0 aliphatic heterocycles. The average Bonchev–Trinajstić information content (AvgIpc) is 2.81. The first-order chi connectivity index (χ1) is 9.17. The lowest BCUT2D eigenvalue weighted by atomic mass is 10.2. The van der Waals surface area contributed by atoms with Crippen LogP contribution in [0, 0.1) is 6.92 Å². The van der Waals surface area contributed by atoms with Crippen molar-refractivity contribution in [2.24, 2.45) is 0 Å². The van der Waals surface area contributed by atoms with Crippen LogP contribution in [-0.4, -0.2) is 12.1 Å². The fourth-order valence-corrected chi connectivity index (χ4v) is 3.27. The van der Waals surface area contributed by atoms with Crippen LogP contribution in [0.15, 0.2) is 36.4 Å². The minimum atomic E-state index is 0.607. The van der Waals surface area contributed by atoms with E-state index in [1.165, 1.54) is 10.3 Å². The monoisotopic (exact) mass is 289 g/mol. The second-order valence-corrected chi connectivity index (χ2v) is 5.78. The molecule has 0 unspecified atom stereocenters. The lowest BCUT2D eigenvalue weighted by Crippen LogP contribution is -1.84. The molecule has 0 radical (unpaired) electrons. The zero-order valence-electron chi connectivity index (χ0n) is 10.6. The molecule has 0 aliphatic carbocycles. The van der Waals surface area contributed by atoms with Gasteiger partial charge in [0.1, 0.15) is 10.8 Å². The van der Waals surface area contributed by atoms with Gasteiger partial charge >= 0.3 is 0 Å². The molecule has 1 aromatic heterocycles. The predicted octanol–water partition coefficient (Wildman–Crippen LogP) is 4.93. The van der Waals surface area contributed by atoms with Crippen molar-refractivity contribution in [1.29, 1.82) is 0 Å². The number of hydrogen-bond acceptors (Lipinski definition) is 3. The highest BCUT2D eigenvalue weighted by molar-refractivity contribution is 7.21. The normalized spacial score (nSPS) is 10.9. The van der Waals surface area contributed by atoms with Crippen molar-refractivity contribution in [3.05, 3.63) is 47.0 Å². The van der Waals surface area contributed by atoms with E-state index in [-0.39, 0.29) is 0 Å². The Balaban J connectivity index is 2.11. The summed E-state index contributed by atoms with van der Waals surface area (Å²) >= 11 is 7.83. The van der Waals surface area contributed by atoms with Gasteiger partial charge in [0, 0.05) is 5.56 Å². The molecule has 3 aromatic rings. The SMILES string of the molecule is COc1ccc(-c2nc3ccc(C)cc3s2)cc1Cl. The Hall–Kier alpha value is -1.58. The van der Waals surface area contributed by atoms with Crippen LogP contribution >= 0.6 is 22.9 Å². The number of hydrogen-bond donors (Lipinski definition) is 0. The molecule has 1 heterocycles. The summed E-state index contributed by atoms with van der Waals surface area (Å²) in [5.41, 5.74) is 3.29. The summed E-state index contributed by atoms with van der Waals surface area (Å²) in [6.45, 7) is 2.09. The van der Waals surface area contributed by atoms with Gasteiger partial charge in [0.05, 0.1) is 22.3 Å². The molecular formula is C15H12ClNOS. The number of thiazole rings is 1. The molecule has 2 aromatic carbocycles. The maximum absolute atomic E-state index is 6.16. The molecule has 0 aliphatic rings. The minimum Gasteiger partial charge on any atom is -0.495 e. The van der Waals surface area contributed by atoms with E-state index >= 15 is 0 Å². The van der Waals surface area contributed by atoms with Gasteiger partial charge in [-0.25, -0.2) is 4.98 Å². The molecular weight excluding hydrogens is 278 g/mol. The van der Waals surface area contributed by atoms with Gasteiger partial charge in [-0.05, 0) is 42.8 Å². The van der Waals surface area contributed by atoms with E-state index in [1.807, 2.05) is 18.2 Å². The van der Waals surface area contributed by atoms with E-state index in [9.17, 15) is 0 Å². The third-order valence-corrected chi connectivity index (χ3v) is 4.31. The number of ether oxygens (including phenoxy) is 1. The Kier molecular flexibility index (Phi) is 3.17. The molecule has 96 valence electrons. The average molecular weight is 290 g/mol. The van der Waals surface area contributed by atoms with E-state index in [2.05, 4.69) is 30.1 Å². The van der Waals surface area contributed by atoms with Crippen molar-refractivity contribution in [1.82, 2.24) is 4.98 Å². The summed E-state index contributed by atoms with van der Waals surface area (Å²) in [4.78, 5) is 4.64. The van der Waals surface area contributed by atoms with E-state index in [1.54, 1.807) is 18.4 Å². The number of aromatic nitrogens is 1. The maximum atomic E-state index is 6.16. The number of fused-ring (bicyclic) bond motifs is 1. The molecule has 0 bridgehead atoms. The first-order valence-electron chi connectivity index (χ1n) is 5.88. The van der Waals surface area contributed by atoms with Crippen LogP contribution in [0.25, 0.3) is 20.8 Å². The Morgan fingerprint density at radius 3 is 2.74 bits per heavy atom. The van der Waals surface area contributed by atoms with Crippen LogP contribution < -0.4 is 4.74 Å². The van der Waals surface area contributed by atoms with Gasteiger partial charge in [-0.3, -0.25) is 0 Å². The highest BCUT2D eigenvalue weighted by Gasteiger charge is 2.09. The molecule has 0 atom stereocenters. The summed E-state index contributed by atoms with van der Waals surface area (Å²) < 4.78 is 6.36. The zero-order valence-corrected chi connectivity index (χ0v) is 12.2. The van der Waals surface area contributed by atoms with Gasteiger partial charge in [-0.2, -0.15) is 0 Å². The molecule has 0 saturated carbocycles. The van der Waals surface area contributed by atoms with Crippen LogP contribution in [0.2, 0.25) is 5.02 Å².